The first-order chi connectivity index (χ1) is 8.69. The zero-order valence-electron chi connectivity index (χ0n) is 10.1. The molecule has 18 heavy (non-hydrogen) atoms. The molecule has 0 aliphatic rings. The Balaban J connectivity index is 2.17. The van der Waals surface area contributed by atoms with E-state index < -0.39 is 0 Å². The molecule has 2 N–H and O–H groups in total. The zero-order valence-corrected chi connectivity index (χ0v) is 10.9. The van der Waals surface area contributed by atoms with Gasteiger partial charge in [0, 0.05) is 7.05 Å². The van der Waals surface area contributed by atoms with E-state index in [2.05, 4.69) is 25.1 Å². The summed E-state index contributed by atoms with van der Waals surface area (Å²) < 4.78 is 7.09. The highest BCUT2D eigenvalue weighted by atomic mass is 32.2. The number of hydrogen-bond acceptors (Lipinski definition) is 8. The maximum atomic E-state index is 5.60. The van der Waals surface area contributed by atoms with E-state index in [9.17, 15) is 0 Å². The van der Waals surface area contributed by atoms with E-state index in [-0.39, 0.29) is 12.0 Å². The molecule has 96 valence electrons. The second-order valence-corrected chi connectivity index (χ2v) is 4.37. The molecule has 9 heteroatoms. The number of aromatic nitrogens is 6. The van der Waals surface area contributed by atoms with Crippen molar-refractivity contribution in [1.82, 2.24) is 29.7 Å². The van der Waals surface area contributed by atoms with E-state index in [1.165, 1.54) is 11.8 Å². The van der Waals surface area contributed by atoms with Gasteiger partial charge in [0.2, 0.25) is 11.1 Å². The summed E-state index contributed by atoms with van der Waals surface area (Å²) in [6.07, 6.45) is 2.47. The highest BCUT2D eigenvalue weighted by Gasteiger charge is 2.10. The molecular formula is C9H13N7OS. The van der Waals surface area contributed by atoms with Gasteiger partial charge in [-0.25, -0.2) is 0 Å². The molecule has 0 amide bonds. The summed E-state index contributed by atoms with van der Waals surface area (Å²) in [5.41, 5.74) is 5.60. The lowest BCUT2D eigenvalue weighted by Crippen LogP contribution is -2.05. The second kappa shape index (κ2) is 5.63. The molecule has 2 rings (SSSR count). The Morgan fingerprint density at radius 1 is 1.39 bits per heavy atom. The number of nitrogen functional groups attached to an aromatic ring is 1. The van der Waals surface area contributed by atoms with Crippen LogP contribution in [0, 0.1) is 0 Å². The van der Waals surface area contributed by atoms with Crippen molar-refractivity contribution >= 4 is 17.7 Å². The Morgan fingerprint density at radius 3 is 2.89 bits per heavy atom. The quantitative estimate of drug-likeness (QED) is 0.836. The molecule has 2 aromatic rings. The summed E-state index contributed by atoms with van der Waals surface area (Å²) in [6, 6.07) is 0.231. The van der Waals surface area contributed by atoms with E-state index >= 15 is 0 Å². The third-order valence-electron chi connectivity index (χ3n) is 1.90. The van der Waals surface area contributed by atoms with Crippen molar-refractivity contribution in [3.8, 4) is 6.01 Å². The van der Waals surface area contributed by atoms with Crippen molar-refractivity contribution in [2.24, 2.45) is 7.05 Å². The van der Waals surface area contributed by atoms with E-state index in [1.54, 1.807) is 10.9 Å². The van der Waals surface area contributed by atoms with Crippen LogP contribution in [0.3, 0.4) is 0 Å². The Hall–Kier alpha value is -1.90. The molecule has 2 heterocycles. The predicted molar refractivity (Wildman–Crippen MR) is 65.2 cm³/mol. The smallest absolute Gasteiger partial charge is 0.322 e. The van der Waals surface area contributed by atoms with Gasteiger partial charge in [0.1, 0.15) is 6.33 Å². The fourth-order valence-electron chi connectivity index (χ4n) is 1.10. The van der Waals surface area contributed by atoms with Crippen molar-refractivity contribution in [1.29, 1.82) is 0 Å². The molecule has 0 bridgehead atoms. The molecule has 0 aliphatic heterocycles. The standard InChI is InChI=1S/C9H13N7OS/c1-3-4-17-7-12-6(10)13-8(14-7)18-9-15-11-5-16(9)2/h5H,3-4H2,1-2H3,(H2,10,12,13,14). The van der Waals surface area contributed by atoms with Crippen LogP contribution in [0.5, 0.6) is 6.01 Å². The van der Waals surface area contributed by atoms with Crippen LogP contribution < -0.4 is 10.5 Å². The van der Waals surface area contributed by atoms with E-state index in [1.807, 2.05) is 14.0 Å². The maximum absolute atomic E-state index is 5.60. The van der Waals surface area contributed by atoms with Crippen LogP contribution in [-0.2, 0) is 7.05 Å². The highest BCUT2D eigenvalue weighted by Crippen LogP contribution is 2.23. The summed E-state index contributed by atoms with van der Waals surface area (Å²) in [4.78, 5) is 12.1. The van der Waals surface area contributed by atoms with Gasteiger partial charge in [-0.3, -0.25) is 0 Å². The van der Waals surface area contributed by atoms with Gasteiger partial charge in [-0.05, 0) is 18.2 Å². The molecular weight excluding hydrogens is 254 g/mol. The van der Waals surface area contributed by atoms with Crippen LogP contribution in [0.4, 0.5) is 5.95 Å². The molecule has 2 aromatic heterocycles. The van der Waals surface area contributed by atoms with Crippen LogP contribution in [-0.4, -0.2) is 36.3 Å². The van der Waals surface area contributed by atoms with Gasteiger partial charge in [-0.2, -0.15) is 15.0 Å². The van der Waals surface area contributed by atoms with Crippen molar-refractivity contribution in [2.75, 3.05) is 12.3 Å². The van der Waals surface area contributed by atoms with Crippen LogP contribution >= 0.6 is 11.8 Å². The van der Waals surface area contributed by atoms with Gasteiger partial charge in [0.05, 0.1) is 6.61 Å². The van der Waals surface area contributed by atoms with Crippen molar-refractivity contribution in [2.45, 2.75) is 23.7 Å². The third kappa shape index (κ3) is 3.06. The second-order valence-electron chi connectivity index (χ2n) is 3.43. The van der Waals surface area contributed by atoms with E-state index in [0.29, 0.717) is 16.9 Å². The summed E-state index contributed by atoms with van der Waals surface area (Å²) in [5, 5.41) is 8.80. The first-order valence-corrected chi connectivity index (χ1v) is 6.17. The van der Waals surface area contributed by atoms with Crippen molar-refractivity contribution < 1.29 is 4.74 Å². The van der Waals surface area contributed by atoms with Crippen LogP contribution in [0.15, 0.2) is 16.6 Å². The minimum atomic E-state index is 0.126. The Kier molecular flexibility index (Phi) is 3.92. The van der Waals surface area contributed by atoms with Gasteiger partial charge in [-0.15, -0.1) is 10.2 Å². The van der Waals surface area contributed by atoms with Crippen molar-refractivity contribution in [3.63, 3.8) is 0 Å². The monoisotopic (exact) mass is 267 g/mol. The summed E-state index contributed by atoms with van der Waals surface area (Å²) in [6.45, 7) is 2.54. The average Bonchev–Trinajstić information content (AvgIpc) is 2.72. The number of anilines is 1. The van der Waals surface area contributed by atoms with Gasteiger partial charge in [0.25, 0.3) is 0 Å². The topological polar surface area (TPSA) is 105 Å². The van der Waals surface area contributed by atoms with Crippen LogP contribution in [0.25, 0.3) is 0 Å². The minimum absolute atomic E-state index is 0.126. The Labute approximate surface area is 108 Å². The zero-order chi connectivity index (χ0) is 13.0. The van der Waals surface area contributed by atoms with Crippen molar-refractivity contribution in [3.05, 3.63) is 6.33 Å². The van der Waals surface area contributed by atoms with Crippen LogP contribution in [0.2, 0.25) is 0 Å². The molecule has 0 radical (unpaired) electrons. The highest BCUT2D eigenvalue weighted by molar-refractivity contribution is 7.99. The van der Waals surface area contributed by atoms with Gasteiger partial charge in [-0.1, -0.05) is 6.92 Å². The molecule has 0 atom stereocenters. The lowest BCUT2D eigenvalue weighted by atomic mass is 10.5. The summed E-state index contributed by atoms with van der Waals surface area (Å²) in [7, 11) is 1.83. The first kappa shape index (κ1) is 12.6. The fraction of sp³-hybridized carbons (Fsp3) is 0.444. The molecule has 0 aromatic carbocycles. The molecule has 0 saturated carbocycles. The molecule has 0 aliphatic carbocycles. The van der Waals surface area contributed by atoms with Gasteiger partial charge >= 0.3 is 6.01 Å². The Bertz CT molecular complexity index is 529. The molecule has 0 unspecified atom stereocenters. The van der Waals surface area contributed by atoms with E-state index in [0.717, 1.165) is 6.42 Å². The summed E-state index contributed by atoms with van der Waals surface area (Å²) in [5.74, 6) is 0.126. The number of aryl methyl sites for hydroxylation is 1. The number of hydrogen-bond donors (Lipinski definition) is 1. The van der Waals surface area contributed by atoms with Gasteiger partial charge in [0.15, 0.2) is 5.16 Å². The predicted octanol–water partition coefficient (Wildman–Crippen LogP) is 0.522. The molecule has 0 fully saturated rings. The SMILES string of the molecule is CCCOc1nc(N)nc(Sc2nncn2C)n1. The summed E-state index contributed by atoms with van der Waals surface area (Å²) >= 11 is 1.25. The van der Waals surface area contributed by atoms with Crippen LogP contribution in [0.1, 0.15) is 13.3 Å². The normalized spacial score (nSPS) is 10.6. The lowest BCUT2D eigenvalue weighted by Gasteiger charge is -2.04. The largest absolute Gasteiger partial charge is 0.463 e. The maximum Gasteiger partial charge on any atom is 0.322 e. The number of nitrogens with zero attached hydrogens (tertiary/aromatic N) is 6. The minimum Gasteiger partial charge on any atom is -0.463 e. The molecule has 0 saturated heterocycles. The number of nitrogens with two attached hydrogens (primary N) is 1. The molecule has 0 spiro atoms. The molecule has 8 nitrogen and oxygen atoms in total. The lowest BCUT2D eigenvalue weighted by molar-refractivity contribution is 0.288. The Morgan fingerprint density at radius 2 is 2.22 bits per heavy atom. The third-order valence-corrected chi connectivity index (χ3v) is 2.82. The van der Waals surface area contributed by atoms with E-state index in [4.69, 9.17) is 10.5 Å². The number of ether oxygens (including phenoxy) is 1. The average molecular weight is 267 g/mol. The number of rotatable bonds is 5. The van der Waals surface area contributed by atoms with Gasteiger partial charge < -0.3 is 15.0 Å². The fourth-order valence-corrected chi connectivity index (χ4v) is 1.81. The first-order valence-electron chi connectivity index (χ1n) is 5.35.